The fraction of sp³-hybridized carbons (Fsp3) is 0.350. The zero-order chi connectivity index (χ0) is 17.9. The van der Waals surface area contributed by atoms with E-state index in [2.05, 4.69) is 20.8 Å². The second kappa shape index (κ2) is 7.14. The van der Waals surface area contributed by atoms with Crippen LogP contribution in [0.3, 0.4) is 0 Å². The molecule has 4 heteroatoms. The molecule has 0 spiro atoms. The van der Waals surface area contributed by atoms with E-state index in [1.165, 1.54) is 24.3 Å². The number of carboxylic acid groups (broad SMARTS) is 1. The van der Waals surface area contributed by atoms with Gasteiger partial charge in [-0.15, -0.1) is 0 Å². The molecule has 24 heavy (non-hydrogen) atoms. The van der Waals surface area contributed by atoms with Crippen molar-refractivity contribution in [2.75, 3.05) is 0 Å². The molecule has 0 amide bonds. The summed E-state index contributed by atoms with van der Waals surface area (Å²) in [6, 6.07) is 12.8. The summed E-state index contributed by atoms with van der Waals surface area (Å²) in [5.74, 6) is -2.86. The highest BCUT2D eigenvalue weighted by atomic mass is 19.1. The standard InChI is InChI=1S/C20H23FO3/c1-20(2,3)15-8-4-13(5-9-15)12-17(19(23)24)18(22)14-6-10-16(21)11-7-14/h4-11,17-18,22H,12H2,1-3H3,(H,23,24)/p-1. The first-order chi connectivity index (χ1) is 11.2. The number of benzene rings is 2. The number of carbonyl (C=O) groups is 1. The topological polar surface area (TPSA) is 60.4 Å². The van der Waals surface area contributed by atoms with Crippen LogP contribution in [0.5, 0.6) is 0 Å². The molecule has 2 aromatic carbocycles. The second-order valence-corrected chi connectivity index (χ2v) is 7.07. The Labute approximate surface area is 141 Å². The lowest BCUT2D eigenvalue weighted by Gasteiger charge is -2.25. The van der Waals surface area contributed by atoms with Gasteiger partial charge in [0.25, 0.3) is 0 Å². The SMILES string of the molecule is CC(C)(C)c1ccc(CC(C(=O)[O-])C(O)c2ccc(F)cc2)cc1. The van der Waals surface area contributed by atoms with Crippen molar-refractivity contribution in [2.24, 2.45) is 5.92 Å². The normalized spacial score (nSPS) is 14.2. The second-order valence-electron chi connectivity index (χ2n) is 7.07. The minimum absolute atomic E-state index is 0.0138. The van der Waals surface area contributed by atoms with Gasteiger partial charge in [-0.3, -0.25) is 0 Å². The molecule has 0 aliphatic carbocycles. The summed E-state index contributed by atoms with van der Waals surface area (Å²) in [7, 11) is 0. The van der Waals surface area contributed by atoms with E-state index in [1.807, 2.05) is 24.3 Å². The number of carboxylic acids is 1. The highest BCUT2D eigenvalue weighted by Gasteiger charge is 2.23. The summed E-state index contributed by atoms with van der Waals surface area (Å²) in [5, 5.41) is 21.8. The molecule has 0 saturated carbocycles. The van der Waals surface area contributed by atoms with Crippen molar-refractivity contribution in [1.82, 2.24) is 0 Å². The highest BCUT2D eigenvalue weighted by Crippen LogP contribution is 2.27. The van der Waals surface area contributed by atoms with E-state index in [9.17, 15) is 19.4 Å². The maximum absolute atomic E-state index is 13.0. The number of rotatable bonds is 5. The molecule has 2 aromatic rings. The van der Waals surface area contributed by atoms with Crippen molar-refractivity contribution in [2.45, 2.75) is 38.7 Å². The predicted molar refractivity (Wildman–Crippen MR) is 88.7 cm³/mol. The summed E-state index contributed by atoms with van der Waals surface area (Å²) >= 11 is 0. The van der Waals surface area contributed by atoms with Gasteiger partial charge in [-0.1, -0.05) is 57.2 Å². The number of aliphatic carboxylic acids is 1. The van der Waals surface area contributed by atoms with Crippen LogP contribution in [-0.4, -0.2) is 11.1 Å². The fourth-order valence-electron chi connectivity index (χ4n) is 2.61. The molecule has 3 nitrogen and oxygen atoms in total. The lowest BCUT2D eigenvalue weighted by molar-refractivity contribution is -0.314. The van der Waals surface area contributed by atoms with Crippen LogP contribution in [0.25, 0.3) is 0 Å². The van der Waals surface area contributed by atoms with Gasteiger partial charge >= 0.3 is 0 Å². The maximum Gasteiger partial charge on any atom is 0.123 e. The van der Waals surface area contributed by atoms with Crippen molar-refractivity contribution in [1.29, 1.82) is 0 Å². The van der Waals surface area contributed by atoms with Gasteiger partial charge in [0, 0.05) is 11.9 Å². The minimum atomic E-state index is -1.33. The van der Waals surface area contributed by atoms with Crippen molar-refractivity contribution in [3.63, 3.8) is 0 Å². The zero-order valence-electron chi connectivity index (χ0n) is 14.1. The summed E-state index contributed by atoms with van der Waals surface area (Å²) in [5.41, 5.74) is 2.32. The summed E-state index contributed by atoms with van der Waals surface area (Å²) in [6.07, 6.45) is -1.11. The van der Waals surface area contributed by atoms with Gasteiger partial charge in [0.1, 0.15) is 5.82 Å². The largest absolute Gasteiger partial charge is 0.550 e. The number of hydrogen-bond acceptors (Lipinski definition) is 3. The molecule has 0 saturated heterocycles. The number of aliphatic hydroxyl groups is 1. The third kappa shape index (κ3) is 4.42. The molecule has 2 rings (SSSR count). The molecule has 0 aromatic heterocycles. The van der Waals surface area contributed by atoms with Gasteiger partial charge in [-0.05, 0) is 40.7 Å². The lowest BCUT2D eigenvalue weighted by atomic mass is 9.85. The molecule has 0 heterocycles. The fourth-order valence-corrected chi connectivity index (χ4v) is 2.61. The average Bonchev–Trinajstić information content (AvgIpc) is 2.52. The maximum atomic E-state index is 13.0. The van der Waals surface area contributed by atoms with Gasteiger partial charge in [-0.2, -0.15) is 0 Å². The number of hydrogen-bond donors (Lipinski definition) is 1. The van der Waals surface area contributed by atoms with Gasteiger partial charge in [0.15, 0.2) is 0 Å². The Hall–Kier alpha value is -2.20. The number of carbonyl (C=O) groups excluding carboxylic acids is 1. The molecule has 0 aliphatic heterocycles. The molecule has 1 N–H and O–H groups in total. The summed E-state index contributed by atoms with van der Waals surface area (Å²) < 4.78 is 13.0. The van der Waals surface area contributed by atoms with Gasteiger partial charge in [-0.25, -0.2) is 4.39 Å². The first-order valence-corrected chi connectivity index (χ1v) is 7.92. The monoisotopic (exact) mass is 329 g/mol. The van der Waals surface area contributed by atoms with Crippen LogP contribution < -0.4 is 5.11 Å². The predicted octanol–water partition coefficient (Wildman–Crippen LogP) is 2.77. The molecule has 0 radical (unpaired) electrons. The van der Waals surface area contributed by atoms with Crippen LogP contribution >= 0.6 is 0 Å². The molecule has 0 bridgehead atoms. The van der Waals surface area contributed by atoms with E-state index in [0.717, 1.165) is 11.1 Å². The van der Waals surface area contributed by atoms with Crippen molar-refractivity contribution >= 4 is 5.97 Å². The van der Waals surface area contributed by atoms with Gasteiger partial charge in [0.05, 0.1) is 6.10 Å². The van der Waals surface area contributed by atoms with E-state index in [1.54, 1.807) is 0 Å². The van der Waals surface area contributed by atoms with Crippen LogP contribution in [0.2, 0.25) is 0 Å². The Kier molecular flexibility index (Phi) is 5.40. The van der Waals surface area contributed by atoms with Crippen LogP contribution in [0.15, 0.2) is 48.5 Å². The van der Waals surface area contributed by atoms with Crippen molar-refractivity contribution in [3.05, 3.63) is 71.0 Å². The van der Waals surface area contributed by atoms with Crippen molar-refractivity contribution in [3.8, 4) is 0 Å². The molecule has 2 unspecified atom stereocenters. The Bertz CT molecular complexity index is 684. The molecular weight excluding hydrogens is 307 g/mol. The van der Waals surface area contributed by atoms with Crippen LogP contribution in [-0.2, 0) is 16.6 Å². The average molecular weight is 329 g/mol. The van der Waals surface area contributed by atoms with Crippen molar-refractivity contribution < 1.29 is 19.4 Å². The first kappa shape index (κ1) is 18.1. The lowest BCUT2D eigenvalue weighted by Crippen LogP contribution is -2.36. The Morgan fingerprint density at radius 3 is 2.08 bits per heavy atom. The molecule has 128 valence electrons. The smallest absolute Gasteiger partial charge is 0.123 e. The third-order valence-electron chi connectivity index (χ3n) is 4.17. The highest BCUT2D eigenvalue weighted by molar-refractivity contribution is 5.69. The molecule has 0 fully saturated rings. The number of aliphatic hydroxyl groups excluding tert-OH is 1. The van der Waals surface area contributed by atoms with Crippen LogP contribution in [0.1, 0.15) is 43.6 Å². The van der Waals surface area contributed by atoms with E-state index < -0.39 is 23.8 Å². The molecule has 0 aliphatic rings. The Morgan fingerprint density at radius 2 is 1.62 bits per heavy atom. The van der Waals surface area contributed by atoms with Gasteiger partial charge < -0.3 is 15.0 Å². The van der Waals surface area contributed by atoms with E-state index in [0.29, 0.717) is 5.56 Å². The minimum Gasteiger partial charge on any atom is -0.550 e. The quantitative estimate of drug-likeness (QED) is 0.917. The zero-order valence-corrected chi connectivity index (χ0v) is 14.1. The van der Waals surface area contributed by atoms with Crippen LogP contribution in [0, 0.1) is 11.7 Å². The van der Waals surface area contributed by atoms with Crippen LogP contribution in [0.4, 0.5) is 4.39 Å². The number of halogens is 1. The Morgan fingerprint density at radius 1 is 1.08 bits per heavy atom. The molecule has 2 atom stereocenters. The first-order valence-electron chi connectivity index (χ1n) is 7.92. The molecular formula is C20H22FO3-. The van der Waals surface area contributed by atoms with E-state index in [4.69, 9.17) is 0 Å². The van der Waals surface area contributed by atoms with E-state index >= 15 is 0 Å². The third-order valence-corrected chi connectivity index (χ3v) is 4.17. The summed E-state index contributed by atoms with van der Waals surface area (Å²) in [6.45, 7) is 6.30. The van der Waals surface area contributed by atoms with Gasteiger partial charge in [0.2, 0.25) is 0 Å². The Balaban J connectivity index is 2.19. The van der Waals surface area contributed by atoms with E-state index in [-0.39, 0.29) is 11.8 Å². The summed E-state index contributed by atoms with van der Waals surface area (Å²) in [4.78, 5) is 11.5.